The Kier molecular flexibility index (Phi) is 5.30. The van der Waals surface area contributed by atoms with Crippen molar-refractivity contribution in [2.75, 3.05) is 6.61 Å². The summed E-state index contributed by atoms with van der Waals surface area (Å²) in [6.07, 6.45) is 0.358. The summed E-state index contributed by atoms with van der Waals surface area (Å²) in [6.45, 7) is 0.0425. The van der Waals surface area contributed by atoms with E-state index in [2.05, 4.69) is 11.8 Å². The Morgan fingerprint density at radius 3 is 2.48 bits per heavy atom. The topological polar surface area (TPSA) is 29.5 Å². The SMILES string of the molecule is OCCC#Cc1ccc(COc2ccc(F)cc2)c(F)c1. The molecule has 0 aliphatic rings. The van der Waals surface area contributed by atoms with Gasteiger partial charge in [0.2, 0.25) is 0 Å². The lowest BCUT2D eigenvalue weighted by Crippen LogP contribution is -1.99. The molecule has 0 bridgehead atoms. The molecule has 2 rings (SSSR count). The van der Waals surface area contributed by atoms with Gasteiger partial charge in [0, 0.05) is 17.5 Å². The lowest BCUT2D eigenvalue weighted by atomic mass is 10.1. The number of benzene rings is 2. The Morgan fingerprint density at radius 2 is 1.81 bits per heavy atom. The first-order chi connectivity index (χ1) is 10.2. The molecule has 2 aromatic rings. The molecule has 108 valence electrons. The molecule has 4 heteroatoms. The normalized spacial score (nSPS) is 9.86. The molecule has 0 spiro atoms. The van der Waals surface area contributed by atoms with Crippen LogP contribution in [0.2, 0.25) is 0 Å². The second kappa shape index (κ2) is 7.41. The van der Waals surface area contributed by atoms with Gasteiger partial charge >= 0.3 is 0 Å². The van der Waals surface area contributed by atoms with E-state index >= 15 is 0 Å². The third kappa shape index (κ3) is 4.59. The van der Waals surface area contributed by atoms with Gasteiger partial charge in [0.25, 0.3) is 0 Å². The maximum Gasteiger partial charge on any atom is 0.131 e. The molecule has 2 nitrogen and oxygen atoms in total. The lowest BCUT2D eigenvalue weighted by Gasteiger charge is -2.07. The molecule has 0 atom stereocenters. The number of hydrogen-bond donors (Lipinski definition) is 1. The highest BCUT2D eigenvalue weighted by Gasteiger charge is 2.04. The Bertz CT molecular complexity index is 655. The molecule has 1 N–H and O–H groups in total. The van der Waals surface area contributed by atoms with E-state index in [9.17, 15) is 8.78 Å². The standard InChI is InChI=1S/C17H14F2O2/c18-15-6-8-16(9-7-15)21-12-14-5-4-13(11-17(14)19)3-1-2-10-20/h4-9,11,20H,2,10,12H2. The zero-order valence-corrected chi connectivity index (χ0v) is 11.3. The summed E-state index contributed by atoms with van der Waals surface area (Å²) in [5.41, 5.74) is 0.943. The van der Waals surface area contributed by atoms with Crippen LogP contribution in [0.25, 0.3) is 0 Å². The Balaban J connectivity index is 2.01. The third-order valence-corrected chi connectivity index (χ3v) is 2.73. The monoisotopic (exact) mass is 288 g/mol. The van der Waals surface area contributed by atoms with Gasteiger partial charge in [-0.2, -0.15) is 0 Å². The molecule has 2 aromatic carbocycles. The van der Waals surface area contributed by atoms with Crippen molar-refractivity contribution in [1.82, 2.24) is 0 Å². The predicted molar refractivity (Wildman–Crippen MR) is 75.7 cm³/mol. The number of rotatable bonds is 4. The van der Waals surface area contributed by atoms with E-state index in [4.69, 9.17) is 9.84 Å². The molecule has 0 saturated heterocycles. The van der Waals surface area contributed by atoms with E-state index in [0.29, 0.717) is 23.3 Å². The van der Waals surface area contributed by atoms with Gasteiger partial charge in [0.05, 0.1) is 6.61 Å². The molecule has 0 radical (unpaired) electrons. The molecule has 0 aromatic heterocycles. The molecular formula is C17H14F2O2. The van der Waals surface area contributed by atoms with Crippen molar-refractivity contribution in [3.8, 4) is 17.6 Å². The average molecular weight is 288 g/mol. The van der Waals surface area contributed by atoms with E-state index in [1.807, 2.05) is 0 Å². The van der Waals surface area contributed by atoms with E-state index in [-0.39, 0.29) is 19.0 Å². The maximum absolute atomic E-state index is 13.9. The van der Waals surface area contributed by atoms with Crippen LogP contribution in [-0.4, -0.2) is 11.7 Å². The Labute approximate surface area is 122 Å². The molecule has 0 amide bonds. The molecular weight excluding hydrogens is 274 g/mol. The van der Waals surface area contributed by atoms with Crippen LogP contribution in [0.4, 0.5) is 8.78 Å². The minimum atomic E-state index is -0.409. The molecule has 0 saturated carbocycles. The maximum atomic E-state index is 13.9. The quantitative estimate of drug-likeness (QED) is 0.875. The smallest absolute Gasteiger partial charge is 0.131 e. The largest absolute Gasteiger partial charge is 0.489 e. The van der Waals surface area contributed by atoms with Gasteiger partial charge in [-0.1, -0.05) is 17.9 Å². The number of aliphatic hydroxyl groups excluding tert-OH is 1. The number of aliphatic hydroxyl groups is 1. The van der Waals surface area contributed by atoms with Gasteiger partial charge in [-0.3, -0.25) is 0 Å². The van der Waals surface area contributed by atoms with Gasteiger partial charge in [0.15, 0.2) is 0 Å². The molecule has 21 heavy (non-hydrogen) atoms. The minimum Gasteiger partial charge on any atom is -0.489 e. The van der Waals surface area contributed by atoms with Crippen LogP contribution in [0.15, 0.2) is 42.5 Å². The van der Waals surface area contributed by atoms with Crippen LogP contribution in [-0.2, 0) is 6.61 Å². The predicted octanol–water partition coefficient (Wildman–Crippen LogP) is 3.28. The first kappa shape index (κ1) is 15.0. The fourth-order valence-electron chi connectivity index (χ4n) is 1.65. The van der Waals surface area contributed by atoms with Gasteiger partial charge < -0.3 is 9.84 Å². The van der Waals surface area contributed by atoms with Crippen molar-refractivity contribution in [3.63, 3.8) is 0 Å². The second-order valence-electron chi connectivity index (χ2n) is 4.32. The van der Waals surface area contributed by atoms with Crippen LogP contribution >= 0.6 is 0 Å². The number of hydrogen-bond acceptors (Lipinski definition) is 2. The van der Waals surface area contributed by atoms with E-state index in [1.165, 1.54) is 30.3 Å². The van der Waals surface area contributed by atoms with Crippen molar-refractivity contribution in [1.29, 1.82) is 0 Å². The highest BCUT2D eigenvalue weighted by molar-refractivity contribution is 5.37. The van der Waals surface area contributed by atoms with Crippen molar-refractivity contribution >= 4 is 0 Å². The van der Waals surface area contributed by atoms with Crippen LogP contribution in [0.3, 0.4) is 0 Å². The summed E-state index contributed by atoms with van der Waals surface area (Å²) >= 11 is 0. The van der Waals surface area contributed by atoms with Crippen molar-refractivity contribution < 1.29 is 18.6 Å². The summed E-state index contributed by atoms with van der Waals surface area (Å²) in [4.78, 5) is 0. The van der Waals surface area contributed by atoms with E-state index < -0.39 is 5.82 Å². The average Bonchev–Trinajstić information content (AvgIpc) is 2.48. The van der Waals surface area contributed by atoms with Gasteiger partial charge in [-0.15, -0.1) is 0 Å². The van der Waals surface area contributed by atoms with Gasteiger partial charge in [-0.05, 0) is 36.4 Å². The van der Waals surface area contributed by atoms with Crippen LogP contribution < -0.4 is 4.74 Å². The van der Waals surface area contributed by atoms with Crippen molar-refractivity contribution in [2.24, 2.45) is 0 Å². The fraction of sp³-hybridized carbons (Fsp3) is 0.176. The number of ether oxygens (including phenoxy) is 1. The Morgan fingerprint density at radius 1 is 1.05 bits per heavy atom. The highest BCUT2D eigenvalue weighted by Crippen LogP contribution is 2.16. The molecule has 0 aliphatic carbocycles. The number of halogens is 2. The molecule has 0 unspecified atom stereocenters. The van der Waals surface area contributed by atoms with Crippen molar-refractivity contribution in [2.45, 2.75) is 13.0 Å². The van der Waals surface area contributed by atoms with E-state index in [1.54, 1.807) is 12.1 Å². The minimum absolute atomic E-state index is 0.0148. The summed E-state index contributed by atoms with van der Waals surface area (Å²) in [5, 5.41) is 8.62. The first-order valence-electron chi connectivity index (χ1n) is 6.45. The summed E-state index contributed by atoms with van der Waals surface area (Å²) in [5.74, 6) is 5.21. The van der Waals surface area contributed by atoms with E-state index in [0.717, 1.165) is 0 Å². The zero-order chi connectivity index (χ0) is 15.1. The van der Waals surface area contributed by atoms with Crippen LogP contribution in [0.1, 0.15) is 17.5 Å². The second-order valence-corrected chi connectivity index (χ2v) is 4.32. The van der Waals surface area contributed by atoms with Gasteiger partial charge in [-0.25, -0.2) is 8.78 Å². The first-order valence-corrected chi connectivity index (χ1v) is 6.45. The molecule has 0 aliphatic heterocycles. The lowest BCUT2D eigenvalue weighted by molar-refractivity contribution is 0.299. The fourth-order valence-corrected chi connectivity index (χ4v) is 1.65. The van der Waals surface area contributed by atoms with Crippen LogP contribution in [0, 0.1) is 23.5 Å². The molecule has 0 heterocycles. The van der Waals surface area contributed by atoms with Gasteiger partial charge in [0.1, 0.15) is 24.0 Å². The molecule has 0 fully saturated rings. The summed E-state index contributed by atoms with van der Waals surface area (Å²) in [7, 11) is 0. The highest BCUT2D eigenvalue weighted by atomic mass is 19.1. The summed E-state index contributed by atoms with van der Waals surface area (Å²) in [6, 6.07) is 10.2. The Hall–Kier alpha value is -2.38. The summed E-state index contributed by atoms with van der Waals surface area (Å²) < 4.78 is 32.0. The van der Waals surface area contributed by atoms with Crippen LogP contribution in [0.5, 0.6) is 5.75 Å². The zero-order valence-electron chi connectivity index (χ0n) is 11.3. The van der Waals surface area contributed by atoms with Crippen molar-refractivity contribution in [3.05, 3.63) is 65.2 Å². The third-order valence-electron chi connectivity index (χ3n) is 2.73.